The normalized spacial score (nSPS) is 12.9. The summed E-state index contributed by atoms with van der Waals surface area (Å²) in [5, 5.41) is 2.47. The second-order valence-corrected chi connectivity index (χ2v) is 13.6. The number of aromatic nitrogens is 2. The van der Waals surface area contributed by atoms with E-state index in [4.69, 9.17) is 4.98 Å². The number of anilines is 3. The average molecular weight is 617 g/mol. The van der Waals surface area contributed by atoms with Gasteiger partial charge < -0.3 is 9.80 Å². The summed E-state index contributed by atoms with van der Waals surface area (Å²) in [5.41, 5.74) is 11.1. The molecule has 0 amide bonds. The van der Waals surface area contributed by atoms with Crippen LogP contribution in [0, 0.1) is 13.8 Å². The van der Waals surface area contributed by atoms with Crippen LogP contribution in [0.15, 0.2) is 137 Å². The Bertz CT molecular complexity index is 2230. The Morgan fingerprint density at radius 1 is 0.652 bits per heavy atom. The zero-order valence-corrected chi connectivity index (χ0v) is 27.4. The SMILES string of the molecule is Cc1cccc(C)c1-c1ccnc(-n2c3ccccc3c3ccc(Sc4cccc(N5CN(C(C)C)c6ccccc65)c4)cc32)c1. The van der Waals surface area contributed by atoms with Crippen molar-refractivity contribution in [3.05, 3.63) is 139 Å². The first-order chi connectivity index (χ1) is 22.5. The third kappa shape index (κ3) is 4.83. The standard InChI is InChI=1S/C41H36N4S/c1-27(2)43-26-44(38-18-8-7-17-37(38)43)31-13-10-14-32(24-31)46-33-19-20-35-34-15-5-6-16-36(34)45(39(35)25-33)40-23-30(21-22-42-40)41-28(3)11-9-12-29(41)4/h5-25,27H,26H2,1-4H3. The van der Waals surface area contributed by atoms with Crippen LogP contribution in [-0.2, 0) is 0 Å². The lowest BCUT2D eigenvalue weighted by atomic mass is 9.96. The van der Waals surface area contributed by atoms with E-state index in [9.17, 15) is 0 Å². The maximum atomic E-state index is 4.92. The van der Waals surface area contributed by atoms with Crippen molar-refractivity contribution < 1.29 is 0 Å². The first-order valence-corrected chi connectivity index (χ1v) is 16.8. The topological polar surface area (TPSA) is 24.3 Å². The van der Waals surface area contributed by atoms with Gasteiger partial charge in [0.2, 0.25) is 0 Å². The minimum Gasteiger partial charge on any atom is -0.349 e. The second-order valence-electron chi connectivity index (χ2n) is 12.4. The zero-order valence-electron chi connectivity index (χ0n) is 26.6. The minimum atomic E-state index is 0.429. The molecule has 1 aliphatic heterocycles. The maximum Gasteiger partial charge on any atom is 0.138 e. The van der Waals surface area contributed by atoms with E-state index in [1.54, 1.807) is 0 Å². The van der Waals surface area contributed by atoms with Crippen molar-refractivity contribution >= 4 is 50.6 Å². The molecule has 46 heavy (non-hydrogen) atoms. The smallest absolute Gasteiger partial charge is 0.138 e. The van der Waals surface area contributed by atoms with Crippen LogP contribution >= 0.6 is 11.8 Å². The highest BCUT2D eigenvalue weighted by molar-refractivity contribution is 7.99. The van der Waals surface area contributed by atoms with E-state index in [1.165, 1.54) is 59.9 Å². The number of benzene rings is 5. The van der Waals surface area contributed by atoms with Gasteiger partial charge in [0.25, 0.3) is 0 Å². The number of nitrogens with zero attached hydrogens (tertiary/aromatic N) is 4. The molecule has 0 spiro atoms. The zero-order chi connectivity index (χ0) is 31.4. The van der Waals surface area contributed by atoms with Crippen LogP contribution in [0.4, 0.5) is 17.1 Å². The van der Waals surface area contributed by atoms with Crippen molar-refractivity contribution in [3.63, 3.8) is 0 Å². The molecule has 8 rings (SSSR count). The molecule has 0 N–H and O–H groups in total. The summed E-state index contributed by atoms with van der Waals surface area (Å²) in [5.74, 6) is 0.929. The Morgan fingerprint density at radius 3 is 2.20 bits per heavy atom. The van der Waals surface area contributed by atoms with Crippen LogP contribution in [0.2, 0.25) is 0 Å². The molecule has 0 unspecified atom stereocenters. The maximum absolute atomic E-state index is 4.92. The van der Waals surface area contributed by atoms with E-state index in [-0.39, 0.29) is 0 Å². The van der Waals surface area contributed by atoms with E-state index in [0.717, 1.165) is 23.5 Å². The van der Waals surface area contributed by atoms with Crippen molar-refractivity contribution in [2.24, 2.45) is 0 Å². The van der Waals surface area contributed by atoms with Gasteiger partial charge >= 0.3 is 0 Å². The highest BCUT2D eigenvalue weighted by Gasteiger charge is 2.28. The Labute approximate surface area is 274 Å². The van der Waals surface area contributed by atoms with Gasteiger partial charge in [-0.05, 0) is 111 Å². The summed E-state index contributed by atoms with van der Waals surface area (Å²) in [4.78, 5) is 12.2. The fourth-order valence-electron chi connectivity index (χ4n) is 6.98. The number of aryl methyl sites for hydroxylation is 2. The van der Waals surface area contributed by atoms with Crippen molar-refractivity contribution in [2.75, 3.05) is 16.5 Å². The molecule has 0 atom stereocenters. The van der Waals surface area contributed by atoms with Crippen LogP contribution in [-0.4, -0.2) is 22.3 Å². The van der Waals surface area contributed by atoms with Gasteiger partial charge in [0, 0.05) is 38.5 Å². The molecule has 0 fully saturated rings. The molecule has 4 nitrogen and oxygen atoms in total. The van der Waals surface area contributed by atoms with Crippen molar-refractivity contribution in [3.8, 4) is 16.9 Å². The first kappa shape index (κ1) is 28.5. The molecule has 0 aliphatic carbocycles. The molecule has 0 saturated heterocycles. The van der Waals surface area contributed by atoms with Crippen LogP contribution in [0.3, 0.4) is 0 Å². The fraction of sp³-hybridized carbons (Fsp3) is 0.146. The van der Waals surface area contributed by atoms with Gasteiger partial charge in [-0.1, -0.05) is 72.4 Å². The third-order valence-corrected chi connectivity index (χ3v) is 10.1. The van der Waals surface area contributed by atoms with Crippen molar-refractivity contribution in [1.82, 2.24) is 9.55 Å². The minimum absolute atomic E-state index is 0.429. The van der Waals surface area contributed by atoms with Gasteiger partial charge in [-0.2, -0.15) is 0 Å². The second kappa shape index (κ2) is 11.4. The number of hydrogen-bond acceptors (Lipinski definition) is 4. The Balaban J connectivity index is 1.19. The van der Waals surface area contributed by atoms with Gasteiger partial charge in [-0.25, -0.2) is 4.98 Å². The van der Waals surface area contributed by atoms with Gasteiger partial charge in [0.1, 0.15) is 5.82 Å². The van der Waals surface area contributed by atoms with Crippen molar-refractivity contribution in [2.45, 2.75) is 43.5 Å². The van der Waals surface area contributed by atoms with E-state index in [2.05, 4.69) is 163 Å². The van der Waals surface area contributed by atoms with E-state index in [1.807, 2.05) is 18.0 Å². The summed E-state index contributed by atoms with van der Waals surface area (Å²) in [6.45, 7) is 9.74. The Morgan fingerprint density at radius 2 is 1.37 bits per heavy atom. The number of fused-ring (bicyclic) bond motifs is 4. The quantitative estimate of drug-likeness (QED) is 0.186. The largest absolute Gasteiger partial charge is 0.349 e. The molecule has 1 aliphatic rings. The summed E-state index contributed by atoms with van der Waals surface area (Å²) in [6.07, 6.45) is 1.94. The molecule has 0 saturated carbocycles. The van der Waals surface area contributed by atoms with E-state index in [0.29, 0.717) is 6.04 Å². The molecular formula is C41H36N4S. The first-order valence-electron chi connectivity index (χ1n) is 15.9. The predicted octanol–water partition coefficient (Wildman–Crippen LogP) is 10.9. The fourth-order valence-corrected chi connectivity index (χ4v) is 7.88. The van der Waals surface area contributed by atoms with Crippen LogP contribution < -0.4 is 9.80 Å². The van der Waals surface area contributed by atoms with Gasteiger partial charge in [0.15, 0.2) is 0 Å². The molecule has 0 radical (unpaired) electrons. The molecule has 2 aromatic heterocycles. The average Bonchev–Trinajstić information content (AvgIpc) is 3.61. The highest BCUT2D eigenvalue weighted by Crippen LogP contribution is 2.43. The monoisotopic (exact) mass is 616 g/mol. The predicted molar refractivity (Wildman–Crippen MR) is 195 cm³/mol. The molecule has 7 aromatic rings. The summed E-state index contributed by atoms with van der Waals surface area (Å²) in [7, 11) is 0. The van der Waals surface area contributed by atoms with Gasteiger partial charge in [-0.3, -0.25) is 4.57 Å². The van der Waals surface area contributed by atoms with Gasteiger partial charge in [-0.15, -0.1) is 0 Å². The molecule has 5 heteroatoms. The van der Waals surface area contributed by atoms with E-state index >= 15 is 0 Å². The lowest BCUT2D eigenvalue weighted by Gasteiger charge is -2.25. The molecule has 5 aromatic carbocycles. The lowest BCUT2D eigenvalue weighted by molar-refractivity contribution is 0.709. The Kier molecular flexibility index (Phi) is 7.07. The number of hydrogen-bond donors (Lipinski definition) is 0. The number of para-hydroxylation sites is 3. The third-order valence-electron chi connectivity index (χ3n) is 9.15. The lowest BCUT2D eigenvalue weighted by Crippen LogP contribution is -2.33. The molecule has 3 heterocycles. The number of rotatable bonds is 6. The van der Waals surface area contributed by atoms with Crippen molar-refractivity contribution in [1.29, 1.82) is 0 Å². The van der Waals surface area contributed by atoms with Gasteiger partial charge in [0.05, 0.1) is 29.1 Å². The van der Waals surface area contributed by atoms with Crippen LogP contribution in [0.25, 0.3) is 38.8 Å². The van der Waals surface area contributed by atoms with Crippen LogP contribution in [0.5, 0.6) is 0 Å². The molecule has 226 valence electrons. The summed E-state index contributed by atoms with van der Waals surface area (Å²) in [6, 6.07) is 44.5. The van der Waals surface area contributed by atoms with E-state index < -0.39 is 0 Å². The number of pyridine rings is 1. The van der Waals surface area contributed by atoms with Crippen LogP contribution in [0.1, 0.15) is 25.0 Å². The highest BCUT2D eigenvalue weighted by atomic mass is 32.2. The molecular weight excluding hydrogens is 581 g/mol. The Hall–Kier alpha value is -5.00. The molecule has 0 bridgehead atoms. The summed E-state index contributed by atoms with van der Waals surface area (Å²) < 4.78 is 2.32. The summed E-state index contributed by atoms with van der Waals surface area (Å²) >= 11 is 1.81.